The third-order valence-electron chi connectivity index (χ3n) is 4.11. The van der Waals surface area contributed by atoms with Gasteiger partial charge in [-0.1, -0.05) is 47.7 Å². The molecule has 6 heteroatoms. The minimum atomic E-state index is -0.263. The summed E-state index contributed by atoms with van der Waals surface area (Å²) in [5.41, 5.74) is 3.63. The fourth-order valence-corrected chi connectivity index (χ4v) is 3.63. The number of aryl methyl sites for hydroxylation is 1. The predicted octanol–water partition coefficient (Wildman–Crippen LogP) is 5.88. The molecule has 0 unspecified atom stereocenters. The Morgan fingerprint density at radius 3 is 2.18 bits per heavy atom. The molecule has 4 aromatic rings. The lowest BCUT2D eigenvalue weighted by atomic mass is 10.2. The Balaban J connectivity index is 1.60. The molecular formula is C22H18N4OS. The van der Waals surface area contributed by atoms with Crippen molar-refractivity contribution in [1.82, 2.24) is 9.97 Å². The molecule has 5 nitrogen and oxygen atoms in total. The molecule has 0 fully saturated rings. The summed E-state index contributed by atoms with van der Waals surface area (Å²) in [6, 6.07) is 20.9. The summed E-state index contributed by atoms with van der Waals surface area (Å²) < 4.78 is 0. The highest BCUT2D eigenvalue weighted by Crippen LogP contribution is 2.31. The molecule has 2 heterocycles. The van der Waals surface area contributed by atoms with Crippen LogP contribution in [0.4, 0.5) is 21.3 Å². The molecule has 0 spiro atoms. The zero-order chi connectivity index (χ0) is 19.3. The number of rotatable bonds is 4. The third-order valence-corrected chi connectivity index (χ3v) is 5.07. The number of pyridine rings is 1. The van der Waals surface area contributed by atoms with Crippen LogP contribution in [0.5, 0.6) is 0 Å². The summed E-state index contributed by atoms with van der Waals surface area (Å²) in [4.78, 5) is 24.3. The van der Waals surface area contributed by atoms with Crippen LogP contribution in [0.3, 0.4) is 0 Å². The number of benzene rings is 2. The van der Waals surface area contributed by atoms with Gasteiger partial charge in [0, 0.05) is 24.2 Å². The fraction of sp³-hybridized carbons (Fsp3) is 0.0455. The van der Waals surface area contributed by atoms with Crippen LogP contribution >= 0.6 is 11.3 Å². The van der Waals surface area contributed by atoms with Gasteiger partial charge >= 0.3 is 6.03 Å². The van der Waals surface area contributed by atoms with Crippen molar-refractivity contribution >= 4 is 33.9 Å². The number of carbonyl (C=O) groups excluding carboxylic acids is 1. The molecule has 2 amide bonds. The predicted molar refractivity (Wildman–Crippen MR) is 114 cm³/mol. The highest BCUT2D eigenvalue weighted by Gasteiger charge is 2.19. The number of amides is 2. The van der Waals surface area contributed by atoms with E-state index < -0.39 is 0 Å². The van der Waals surface area contributed by atoms with Crippen molar-refractivity contribution in [2.75, 3.05) is 10.2 Å². The topological polar surface area (TPSA) is 58.1 Å². The molecule has 28 heavy (non-hydrogen) atoms. The van der Waals surface area contributed by atoms with Gasteiger partial charge in [0.05, 0.1) is 16.3 Å². The number of nitrogens with one attached hydrogen (secondary N) is 1. The van der Waals surface area contributed by atoms with Crippen LogP contribution in [0.1, 0.15) is 5.56 Å². The first-order valence-electron chi connectivity index (χ1n) is 8.80. The molecule has 2 aromatic heterocycles. The summed E-state index contributed by atoms with van der Waals surface area (Å²) in [5.74, 6) is 0. The van der Waals surface area contributed by atoms with Gasteiger partial charge in [0.2, 0.25) is 0 Å². The minimum absolute atomic E-state index is 0.263. The van der Waals surface area contributed by atoms with Gasteiger partial charge in [-0.2, -0.15) is 0 Å². The lowest BCUT2D eigenvalue weighted by molar-refractivity contribution is 0.259. The number of thiazole rings is 1. The maximum absolute atomic E-state index is 13.1. The number of urea groups is 1. The average Bonchev–Trinajstić information content (AvgIpc) is 3.18. The Labute approximate surface area is 167 Å². The largest absolute Gasteiger partial charge is 0.332 e. The Kier molecular flexibility index (Phi) is 5.12. The standard InChI is InChI=1S/C22H18N4OS/c1-16-12-17(14-23-13-16)20-15-24-21(28-20)25-22(27)26(18-8-4-2-5-9-18)19-10-6-3-7-11-19/h2-15H,1H3,(H,24,25,27). The van der Waals surface area contributed by atoms with Gasteiger partial charge in [-0.3, -0.25) is 15.2 Å². The van der Waals surface area contributed by atoms with Crippen molar-refractivity contribution in [3.05, 3.63) is 90.9 Å². The van der Waals surface area contributed by atoms with E-state index in [1.165, 1.54) is 11.3 Å². The fourth-order valence-electron chi connectivity index (χ4n) is 2.84. The van der Waals surface area contributed by atoms with E-state index in [1.54, 1.807) is 17.3 Å². The van der Waals surface area contributed by atoms with Gasteiger partial charge in [-0.05, 0) is 42.8 Å². The lowest BCUT2D eigenvalue weighted by Gasteiger charge is -2.22. The molecule has 138 valence electrons. The monoisotopic (exact) mass is 386 g/mol. The normalized spacial score (nSPS) is 10.5. The van der Waals surface area contributed by atoms with E-state index in [1.807, 2.05) is 79.9 Å². The number of hydrogen-bond acceptors (Lipinski definition) is 4. The number of carbonyl (C=O) groups is 1. The van der Waals surface area contributed by atoms with Crippen molar-refractivity contribution < 1.29 is 4.79 Å². The van der Waals surface area contributed by atoms with Gasteiger partial charge in [-0.25, -0.2) is 9.78 Å². The maximum Gasteiger partial charge on any atom is 0.332 e. The molecule has 0 bridgehead atoms. The van der Waals surface area contributed by atoms with Crippen LogP contribution in [0.25, 0.3) is 10.4 Å². The van der Waals surface area contributed by atoms with Gasteiger partial charge in [-0.15, -0.1) is 0 Å². The van der Waals surface area contributed by atoms with Crippen molar-refractivity contribution in [3.63, 3.8) is 0 Å². The van der Waals surface area contributed by atoms with Gasteiger partial charge in [0.25, 0.3) is 0 Å². The number of anilines is 3. The zero-order valence-electron chi connectivity index (χ0n) is 15.2. The summed E-state index contributed by atoms with van der Waals surface area (Å²) in [5, 5.41) is 3.46. The molecular weight excluding hydrogens is 368 g/mol. The molecule has 0 radical (unpaired) electrons. The summed E-state index contributed by atoms with van der Waals surface area (Å²) in [6.45, 7) is 2.00. The van der Waals surface area contributed by atoms with E-state index in [2.05, 4.69) is 15.3 Å². The second-order valence-electron chi connectivity index (χ2n) is 6.22. The second-order valence-corrected chi connectivity index (χ2v) is 7.25. The number of nitrogens with zero attached hydrogens (tertiary/aromatic N) is 3. The summed E-state index contributed by atoms with van der Waals surface area (Å²) in [6.07, 6.45) is 5.36. The van der Waals surface area contributed by atoms with E-state index in [0.717, 1.165) is 27.4 Å². The maximum atomic E-state index is 13.1. The Hall–Kier alpha value is -3.51. The minimum Gasteiger partial charge on any atom is -0.283 e. The molecule has 0 aliphatic carbocycles. The molecule has 0 atom stereocenters. The van der Waals surface area contributed by atoms with E-state index in [-0.39, 0.29) is 6.03 Å². The third kappa shape index (κ3) is 3.92. The number of hydrogen-bond donors (Lipinski definition) is 1. The SMILES string of the molecule is Cc1cncc(-c2cnc(NC(=O)N(c3ccccc3)c3ccccc3)s2)c1. The molecule has 0 saturated carbocycles. The first kappa shape index (κ1) is 17.9. The average molecular weight is 386 g/mol. The van der Waals surface area contributed by atoms with Crippen LogP contribution in [0.2, 0.25) is 0 Å². The molecule has 2 aromatic carbocycles. The van der Waals surface area contributed by atoms with E-state index >= 15 is 0 Å². The molecule has 0 aliphatic rings. The first-order valence-corrected chi connectivity index (χ1v) is 9.61. The zero-order valence-corrected chi connectivity index (χ0v) is 16.1. The van der Waals surface area contributed by atoms with Crippen LogP contribution in [0, 0.1) is 6.92 Å². The van der Waals surface area contributed by atoms with Gasteiger partial charge in [0.1, 0.15) is 0 Å². The molecule has 4 rings (SSSR count). The Morgan fingerprint density at radius 1 is 0.929 bits per heavy atom. The van der Waals surface area contributed by atoms with Crippen molar-refractivity contribution in [2.24, 2.45) is 0 Å². The highest BCUT2D eigenvalue weighted by atomic mass is 32.1. The van der Waals surface area contributed by atoms with Crippen molar-refractivity contribution in [2.45, 2.75) is 6.92 Å². The lowest BCUT2D eigenvalue weighted by Crippen LogP contribution is -2.30. The van der Waals surface area contributed by atoms with Gasteiger partial charge in [0.15, 0.2) is 5.13 Å². The van der Waals surface area contributed by atoms with E-state index in [0.29, 0.717) is 5.13 Å². The van der Waals surface area contributed by atoms with Crippen LogP contribution in [0.15, 0.2) is 85.3 Å². The van der Waals surface area contributed by atoms with Crippen molar-refractivity contribution in [3.8, 4) is 10.4 Å². The second kappa shape index (κ2) is 8.02. The highest BCUT2D eigenvalue weighted by molar-refractivity contribution is 7.19. The van der Waals surface area contributed by atoms with Gasteiger partial charge < -0.3 is 0 Å². The molecule has 1 N–H and O–H groups in total. The number of para-hydroxylation sites is 2. The summed E-state index contributed by atoms with van der Waals surface area (Å²) >= 11 is 1.42. The first-order chi connectivity index (χ1) is 13.7. The Morgan fingerprint density at radius 2 is 1.57 bits per heavy atom. The van der Waals surface area contributed by atoms with E-state index in [4.69, 9.17) is 0 Å². The quantitative estimate of drug-likeness (QED) is 0.476. The summed E-state index contributed by atoms with van der Waals surface area (Å²) in [7, 11) is 0. The van der Waals surface area contributed by atoms with E-state index in [9.17, 15) is 4.79 Å². The number of aromatic nitrogens is 2. The van der Waals surface area contributed by atoms with Crippen LogP contribution < -0.4 is 10.2 Å². The van der Waals surface area contributed by atoms with Crippen LogP contribution in [-0.2, 0) is 0 Å². The Bertz CT molecular complexity index is 1040. The van der Waals surface area contributed by atoms with Crippen molar-refractivity contribution in [1.29, 1.82) is 0 Å². The van der Waals surface area contributed by atoms with Crippen LogP contribution in [-0.4, -0.2) is 16.0 Å². The molecule has 0 aliphatic heterocycles. The molecule has 0 saturated heterocycles. The smallest absolute Gasteiger partial charge is 0.283 e.